The van der Waals surface area contributed by atoms with Crippen LogP contribution in [0.4, 0.5) is 26.3 Å². The lowest BCUT2D eigenvalue weighted by Crippen LogP contribution is -2.45. The van der Waals surface area contributed by atoms with Crippen LogP contribution in [0.15, 0.2) is 24.3 Å². The van der Waals surface area contributed by atoms with E-state index in [4.69, 9.17) is 5.73 Å². The number of hydrogen-bond acceptors (Lipinski definition) is 2. The number of rotatable bonds is 4. The van der Waals surface area contributed by atoms with Gasteiger partial charge in [-0.2, -0.15) is 22.0 Å². The summed E-state index contributed by atoms with van der Waals surface area (Å²) < 4.78 is 77.3. The highest BCUT2D eigenvalue weighted by molar-refractivity contribution is 5.92. The summed E-state index contributed by atoms with van der Waals surface area (Å²) in [6.07, 6.45) is -15.3. The maximum absolute atomic E-state index is 12.8. The average molecular weight is 287 g/mol. The Kier molecular flexibility index (Phi) is 3.97. The van der Waals surface area contributed by atoms with Crippen LogP contribution in [0, 0.1) is 0 Å². The average Bonchev–Trinajstić information content (AvgIpc) is 2.27. The second-order valence-corrected chi connectivity index (χ2v) is 3.46. The van der Waals surface area contributed by atoms with Gasteiger partial charge in [0.25, 0.3) is 6.17 Å². The molecule has 0 aromatic heterocycles. The fraction of sp³-hybridized carbons (Fsp3) is 0.300. The summed E-state index contributed by atoms with van der Waals surface area (Å²) in [5, 5.41) is 0. The summed E-state index contributed by atoms with van der Waals surface area (Å²) in [7, 11) is 0. The molecule has 0 heterocycles. The third-order valence-electron chi connectivity index (χ3n) is 1.98. The molecule has 0 saturated heterocycles. The molecular weight excluding hydrogens is 280 g/mol. The summed E-state index contributed by atoms with van der Waals surface area (Å²) in [6.45, 7) is 0. The van der Waals surface area contributed by atoms with E-state index in [-0.39, 0.29) is 5.56 Å². The monoisotopic (exact) mass is 287 g/mol. The Morgan fingerprint density at radius 2 is 1.58 bits per heavy atom. The zero-order chi connectivity index (χ0) is 14.8. The van der Waals surface area contributed by atoms with Crippen LogP contribution in [0.5, 0.6) is 5.75 Å². The molecule has 1 atom stereocenters. The number of carbonyl (C=O) groups is 1. The zero-order valence-electron chi connectivity index (χ0n) is 9.05. The van der Waals surface area contributed by atoms with E-state index in [0.29, 0.717) is 0 Å². The van der Waals surface area contributed by atoms with E-state index in [1.54, 1.807) is 0 Å². The number of nitrogens with two attached hydrogens (primary N) is 1. The van der Waals surface area contributed by atoms with Crippen molar-refractivity contribution in [1.82, 2.24) is 0 Å². The fourth-order valence-corrected chi connectivity index (χ4v) is 1.09. The minimum absolute atomic E-state index is 0.0664. The van der Waals surface area contributed by atoms with Crippen molar-refractivity contribution in [1.29, 1.82) is 0 Å². The Hall–Kier alpha value is -1.93. The van der Waals surface area contributed by atoms with Crippen molar-refractivity contribution in [2.45, 2.75) is 18.5 Å². The van der Waals surface area contributed by atoms with Crippen molar-refractivity contribution in [2.75, 3.05) is 0 Å². The van der Waals surface area contributed by atoms with Crippen LogP contribution in [0.1, 0.15) is 10.4 Å². The normalized spacial score (nSPS) is 14.0. The Balaban J connectivity index is 2.86. The lowest BCUT2D eigenvalue weighted by molar-refractivity contribution is -0.304. The second kappa shape index (κ2) is 4.98. The number of primary amides is 1. The van der Waals surface area contributed by atoms with Gasteiger partial charge in [-0.25, -0.2) is 4.39 Å². The first-order valence-corrected chi connectivity index (χ1v) is 4.71. The molecule has 0 aliphatic carbocycles. The van der Waals surface area contributed by atoms with E-state index in [1.807, 2.05) is 0 Å². The van der Waals surface area contributed by atoms with Crippen LogP contribution >= 0.6 is 0 Å². The summed E-state index contributed by atoms with van der Waals surface area (Å²) in [6, 6.07) is 3.46. The molecule has 0 spiro atoms. The van der Waals surface area contributed by atoms with Gasteiger partial charge in [-0.15, -0.1) is 0 Å². The number of benzene rings is 1. The van der Waals surface area contributed by atoms with Gasteiger partial charge in [0.15, 0.2) is 0 Å². The van der Waals surface area contributed by atoms with E-state index >= 15 is 0 Å². The maximum atomic E-state index is 12.8. The molecule has 1 amide bonds. The van der Waals surface area contributed by atoms with Crippen molar-refractivity contribution in [3.63, 3.8) is 0 Å². The molecule has 2 N–H and O–H groups in total. The van der Waals surface area contributed by atoms with Gasteiger partial charge >= 0.3 is 12.3 Å². The molecule has 19 heavy (non-hydrogen) atoms. The van der Waals surface area contributed by atoms with Crippen molar-refractivity contribution in [2.24, 2.45) is 5.73 Å². The van der Waals surface area contributed by atoms with E-state index in [1.165, 1.54) is 0 Å². The van der Waals surface area contributed by atoms with Crippen LogP contribution in [-0.2, 0) is 0 Å². The van der Waals surface area contributed by atoms with E-state index in [9.17, 15) is 31.1 Å². The first kappa shape index (κ1) is 15.1. The van der Waals surface area contributed by atoms with Gasteiger partial charge in [0.1, 0.15) is 5.75 Å². The Bertz CT molecular complexity index is 456. The SMILES string of the molecule is NC(=O)c1ccc(OC(F)(F)C(F)C(F)(F)F)cc1. The third kappa shape index (κ3) is 3.76. The molecule has 0 fully saturated rings. The fourth-order valence-electron chi connectivity index (χ4n) is 1.09. The maximum Gasteiger partial charge on any atom is 0.439 e. The minimum Gasteiger partial charge on any atom is -0.430 e. The highest BCUT2D eigenvalue weighted by Gasteiger charge is 2.59. The van der Waals surface area contributed by atoms with Crippen LogP contribution < -0.4 is 10.5 Å². The van der Waals surface area contributed by atoms with Crippen molar-refractivity contribution in [3.8, 4) is 5.75 Å². The molecule has 9 heteroatoms. The number of hydrogen-bond donors (Lipinski definition) is 1. The Morgan fingerprint density at radius 1 is 1.11 bits per heavy atom. The van der Waals surface area contributed by atoms with Crippen molar-refractivity contribution >= 4 is 5.91 Å². The molecule has 0 aliphatic rings. The number of ether oxygens (including phenoxy) is 1. The quantitative estimate of drug-likeness (QED) is 0.865. The highest BCUT2D eigenvalue weighted by Crippen LogP contribution is 2.36. The standard InChI is InChI=1S/C10H7F6NO2/c11-8(9(12,13)14)10(15,16)19-6-3-1-5(2-4-6)7(17)18/h1-4,8H,(H2,17,18). The van der Waals surface area contributed by atoms with Crippen LogP contribution in [-0.4, -0.2) is 24.4 Å². The van der Waals surface area contributed by atoms with Gasteiger partial charge in [-0.05, 0) is 24.3 Å². The number of halogens is 6. The number of amides is 1. The van der Waals surface area contributed by atoms with E-state index in [2.05, 4.69) is 4.74 Å². The first-order valence-electron chi connectivity index (χ1n) is 4.71. The van der Waals surface area contributed by atoms with Crippen LogP contribution in [0.3, 0.4) is 0 Å². The molecular formula is C10H7F6NO2. The van der Waals surface area contributed by atoms with Crippen LogP contribution in [0.2, 0.25) is 0 Å². The summed E-state index contributed by atoms with van der Waals surface area (Å²) in [5.41, 5.74) is 4.79. The zero-order valence-corrected chi connectivity index (χ0v) is 9.05. The van der Waals surface area contributed by atoms with E-state index < -0.39 is 30.1 Å². The third-order valence-corrected chi connectivity index (χ3v) is 1.98. The molecule has 3 nitrogen and oxygen atoms in total. The van der Waals surface area contributed by atoms with Crippen molar-refractivity contribution < 1.29 is 35.9 Å². The minimum atomic E-state index is -5.75. The smallest absolute Gasteiger partial charge is 0.430 e. The molecule has 0 radical (unpaired) electrons. The second-order valence-electron chi connectivity index (χ2n) is 3.46. The van der Waals surface area contributed by atoms with E-state index in [0.717, 1.165) is 24.3 Å². The molecule has 1 rings (SSSR count). The molecule has 0 bridgehead atoms. The lowest BCUT2D eigenvalue weighted by atomic mass is 10.2. The number of alkyl halides is 6. The van der Waals surface area contributed by atoms with Gasteiger partial charge in [-0.1, -0.05) is 0 Å². The lowest BCUT2D eigenvalue weighted by Gasteiger charge is -2.23. The molecule has 1 aromatic carbocycles. The summed E-state index contributed by atoms with van der Waals surface area (Å²) in [5.74, 6) is -1.60. The molecule has 106 valence electrons. The van der Waals surface area contributed by atoms with Gasteiger partial charge in [-0.3, -0.25) is 4.79 Å². The summed E-state index contributed by atoms with van der Waals surface area (Å²) >= 11 is 0. The predicted molar refractivity (Wildman–Crippen MR) is 51.5 cm³/mol. The van der Waals surface area contributed by atoms with Gasteiger partial charge in [0, 0.05) is 5.56 Å². The topological polar surface area (TPSA) is 52.3 Å². The molecule has 1 aromatic rings. The van der Waals surface area contributed by atoms with Gasteiger partial charge in [0.2, 0.25) is 5.91 Å². The Morgan fingerprint density at radius 3 is 1.95 bits per heavy atom. The largest absolute Gasteiger partial charge is 0.439 e. The first-order chi connectivity index (χ1) is 8.54. The molecule has 0 aliphatic heterocycles. The molecule has 0 saturated carbocycles. The summed E-state index contributed by atoms with van der Waals surface area (Å²) in [4.78, 5) is 10.7. The highest BCUT2D eigenvalue weighted by atomic mass is 19.4. The Labute approximate surface area is 102 Å². The predicted octanol–water partition coefficient (Wildman–Crippen LogP) is 2.66. The van der Waals surface area contributed by atoms with Crippen LogP contribution in [0.25, 0.3) is 0 Å². The number of carbonyl (C=O) groups excluding carboxylic acids is 1. The molecule has 1 unspecified atom stereocenters. The van der Waals surface area contributed by atoms with Gasteiger partial charge < -0.3 is 10.5 Å². The van der Waals surface area contributed by atoms with Gasteiger partial charge in [0.05, 0.1) is 0 Å². The van der Waals surface area contributed by atoms with Crippen molar-refractivity contribution in [3.05, 3.63) is 29.8 Å².